The molecule has 0 unspecified atom stereocenters. The number of aromatic nitrogens is 2. The van der Waals surface area contributed by atoms with E-state index in [0.717, 1.165) is 24.9 Å². The van der Waals surface area contributed by atoms with Crippen molar-refractivity contribution in [3.8, 4) is 11.4 Å². The molecular weight excluding hydrogens is 338 g/mol. The summed E-state index contributed by atoms with van der Waals surface area (Å²) in [5.41, 5.74) is 2.26. The van der Waals surface area contributed by atoms with Crippen LogP contribution in [0, 0.1) is 5.41 Å². The number of rotatable bonds is 4. The molecule has 0 N–H and O–H groups in total. The average molecular weight is 370 g/mol. The van der Waals surface area contributed by atoms with Crippen LogP contribution in [0.2, 0.25) is 0 Å². The first kappa shape index (κ1) is 19.6. The number of hydrogen-bond donors (Lipinski definition) is 0. The molecule has 1 aliphatic rings. The molecule has 146 valence electrons. The second-order valence-electron chi connectivity index (χ2n) is 9.15. The molecule has 1 saturated heterocycles. The Hall–Kier alpha value is -2.17. The maximum Gasteiger partial charge on any atom is 0.231 e. The number of amides is 1. The van der Waals surface area contributed by atoms with Gasteiger partial charge in [-0.25, -0.2) is 0 Å². The van der Waals surface area contributed by atoms with Gasteiger partial charge in [-0.1, -0.05) is 64.0 Å². The molecule has 0 spiro atoms. The molecule has 1 atom stereocenters. The Balaban J connectivity index is 1.69. The summed E-state index contributed by atoms with van der Waals surface area (Å²) in [5.74, 6) is 2.11. The smallest absolute Gasteiger partial charge is 0.231 e. The summed E-state index contributed by atoms with van der Waals surface area (Å²) >= 11 is 0. The van der Waals surface area contributed by atoms with Crippen molar-refractivity contribution in [2.45, 2.75) is 65.7 Å². The summed E-state index contributed by atoms with van der Waals surface area (Å²) in [6.45, 7) is 12.1. The van der Waals surface area contributed by atoms with Crippen LogP contribution in [0.3, 0.4) is 0 Å². The topological polar surface area (TPSA) is 59.2 Å². The Kier molecular flexibility index (Phi) is 5.68. The molecule has 0 radical (unpaired) electrons. The number of benzene rings is 1. The van der Waals surface area contributed by atoms with Crippen LogP contribution in [0.5, 0.6) is 0 Å². The maximum atomic E-state index is 12.6. The Morgan fingerprint density at radius 2 is 1.96 bits per heavy atom. The van der Waals surface area contributed by atoms with Crippen molar-refractivity contribution >= 4 is 5.91 Å². The highest BCUT2D eigenvalue weighted by Gasteiger charge is 2.30. The van der Waals surface area contributed by atoms with Crippen LogP contribution in [-0.2, 0) is 4.79 Å². The van der Waals surface area contributed by atoms with Gasteiger partial charge in [0.25, 0.3) is 0 Å². The van der Waals surface area contributed by atoms with Crippen molar-refractivity contribution in [3.63, 3.8) is 0 Å². The van der Waals surface area contributed by atoms with E-state index in [0.29, 0.717) is 30.6 Å². The van der Waals surface area contributed by atoms with E-state index < -0.39 is 0 Å². The first-order valence-electron chi connectivity index (χ1n) is 9.94. The zero-order valence-electron chi connectivity index (χ0n) is 17.2. The number of hydrogen-bond acceptors (Lipinski definition) is 4. The predicted molar refractivity (Wildman–Crippen MR) is 106 cm³/mol. The number of piperidine rings is 1. The highest BCUT2D eigenvalue weighted by Crippen LogP contribution is 2.29. The normalized spacial score (nSPS) is 18.1. The van der Waals surface area contributed by atoms with Gasteiger partial charge in [0.2, 0.25) is 17.6 Å². The molecule has 0 saturated carbocycles. The molecule has 1 aliphatic heterocycles. The van der Waals surface area contributed by atoms with E-state index in [1.165, 1.54) is 5.56 Å². The largest absolute Gasteiger partial charge is 0.342 e. The van der Waals surface area contributed by atoms with Crippen LogP contribution < -0.4 is 0 Å². The molecule has 1 fully saturated rings. The number of carbonyl (C=O) groups is 1. The zero-order valence-corrected chi connectivity index (χ0v) is 17.2. The molecule has 5 nitrogen and oxygen atoms in total. The predicted octanol–water partition coefficient (Wildman–Crippen LogP) is 5.00. The third-order valence-corrected chi connectivity index (χ3v) is 5.08. The summed E-state index contributed by atoms with van der Waals surface area (Å²) in [6.07, 6.45) is 2.52. The lowest BCUT2D eigenvalue weighted by atomic mass is 9.90. The van der Waals surface area contributed by atoms with Gasteiger partial charge in [-0.05, 0) is 29.7 Å². The Bertz CT molecular complexity index is 772. The lowest BCUT2D eigenvalue weighted by Gasteiger charge is -2.33. The molecule has 1 aromatic carbocycles. The minimum absolute atomic E-state index is 0.00380. The molecule has 5 heteroatoms. The van der Waals surface area contributed by atoms with E-state index >= 15 is 0 Å². The molecule has 0 bridgehead atoms. The molecule has 0 aliphatic carbocycles. The van der Waals surface area contributed by atoms with E-state index in [2.05, 4.69) is 56.9 Å². The van der Waals surface area contributed by atoms with Crippen molar-refractivity contribution in [2.75, 3.05) is 13.1 Å². The van der Waals surface area contributed by atoms with Crippen LogP contribution in [0.4, 0.5) is 0 Å². The molecule has 1 aromatic heterocycles. The quantitative estimate of drug-likeness (QED) is 0.761. The average Bonchev–Trinajstić information content (AvgIpc) is 3.10. The van der Waals surface area contributed by atoms with Gasteiger partial charge >= 0.3 is 0 Å². The summed E-state index contributed by atoms with van der Waals surface area (Å²) in [5, 5.41) is 4.18. The van der Waals surface area contributed by atoms with Crippen LogP contribution in [0.15, 0.2) is 28.8 Å². The van der Waals surface area contributed by atoms with Gasteiger partial charge in [-0.2, -0.15) is 4.98 Å². The highest BCUT2D eigenvalue weighted by molar-refractivity contribution is 5.77. The molecule has 3 rings (SSSR count). The van der Waals surface area contributed by atoms with E-state index in [1.807, 2.05) is 17.0 Å². The monoisotopic (exact) mass is 369 g/mol. The minimum Gasteiger partial charge on any atom is -0.342 e. The van der Waals surface area contributed by atoms with Gasteiger partial charge in [-0.3, -0.25) is 4.79 Å². The number of likely N-dealkylation sites (tertiary alicyclic amines) is 1. The second kappa shape index (κ2) is 7.83. The van der Waals surface area contributed by atoms with Crippen molar-refractivity contribution in [3.05, 3.63) is 35.7 Å². The van der Waals surface area contributed by atoms with Gasteiger partial charge < -0.3 is 9.42 Å². The second-order valence-corrected chi connectivity index (χ2v) is 9.15. The van der Waals surface area contributed by atoms with Crippen molar-refractivity contribution in [2.24, 2.45) is 5.41 Å². The first-order chi connectivity index (χ1) is 12.7. The summed E-state index contributed by atoms with van der Waals surface area (Å²) in [4.78, 5) is 19.2. The van der Waals surface area contributed by atoms with Crippen molar-refractivity contribution < 1.29 is 9.32 Å². The van der Waals surface area contributed by atoms with Gasteiger partial charge in [0.15, 0.2) is 0 Å². The fourth-order valence-corrected chi connectivity index (χ4v) is 3.51. The summed E-state index contributed by atoms with van der Waals surface area (Å²) in [6, 6.07) is 8.32. The fraction of sp³-hybridized carbons (Fsp3) is 0.591. The molecule has 2 heterocycles. The lowest BCUT2D eigenvalue weighted by Crippen LogP contribution is -2.40. The Morgan fingerprint density at radius 1 is 1.26 bits per heavy atom. The fourth-order valence-electron chi connectivity index (χ4n) is 3.51. The molecule has 27 heavy (non-hydrogen) atoms. The first-order valence-corrected chi connectivity index (χ1v) is 9.94. The van der Waals surface area contributed by atoms with Crippen molar-refractivity contribution in [1.29, 1.82) is 0 Å². The minimum atomic E-state index is 0.00380. The van der Waals surface area contributed by atoms with Gasteiger partial charge in [0.05, 0.1) is 5.92 Å². The highest BCUT2D eigenvalue weighted by atomic mass is 16.5. The van der Waals surface area contributed by atoms with Gasteiger partial charge in [0.1, 0.15) is 0 Å². The lowest BCUT2D eigenvalue weighted by molar-refractivity contribution is -0.134. The number of nitrogens with zero attached hydrogens (tertiary/aromatic N) is 3. The Morgan fingerprint density at radius 3 is 2.59 bits per heavy atom. The van der Waals surface area contributed by atoms with E-state index in [9.17, 15) is 4.79 Å². The number of carbonyl (C=O) groups excluding carboxylic acids is 1. The third-order valence-electron chi connectivity index (χ3n) is 5.08. The van der Waals surface area contributed by atoms with E-state index in [1.54, 1.807) is 0 Å². The van der Waals surface area contributed by atoms with Crippen LogP contribution >= 0.6 is 0 Å². The SMILES string of the molecule is CC(C)c1ccc(-c2noc([C@@H]3CCCN(C(=O)CC(C)(C)C)C3)n2)cc1. The Labute approximate surface area is 162 Å². The molecular formula is C22H31N3O2. The van der Waals surface area contributed by atoms with Gasteiger partial charge in [0, 0.05) is 25.1 Å². The van der Waals surface area contributed by atoms with E-state index in [4.69, 9.17) is 4.52 Å². The molecule has 2 aromatic rings. The van der Waals surface area contributed by atoms with Crippen LogP contribution in [-0.4, -0.2) is 34.0 Å². The summed E-state index contributed by atoms with van der Waals surface area (Å²) in [7, 11) is 0. The maximum absolute atomic E-state index is 12.6. The third kappa shape index (κ3) is 4.96. The van der Waals surface area contributed by atoms with Crippen LogP contribution in [0.25, 0.3) is 11.4 Å². The molecule has 1 amide bonds. The van der Waals surface area contributed by atoms with Crippen molar-refractivity contribution in [1.82, 2.24) is 15.0 Å². The van der Waals surface area contributed by atoms with Gasteiger partial charge in [-0.15, -0.1) is 0 Å². The summed E-state index contributed by atoms with van der Waals surface area (Å²) < 4.78 is 5.57. The van der Waals surface area contributed by atoms with Crippen LogP contribution in [0.1, 0.15) is 77.2 Å². The van der Waals surface area contributed by atoms with E-state index in [-0.39, 0.29) is 17.2 Å². The zero-order chi connectivity index (χ0) is 19.6. The standard InChI is InChI=1S/C22H31N3O2/c1-15(2)16-8-10-17(11-9-16)20-23-21(27-24-20)18-7-6-12-25(14-18)19(26)13-22(3,4)5/h8-11,15,18H,6-7,12-14H2,1-5H3/t18-/m1/s1.